The van der Waals surface area contributed by atoms with Gasteiger partial charge < -0.3 is 10.3 Å². The highest BCUT2D eigenvalue weighted by molar-refractivity contribution is 5.83. The Bertz CT molecular complexity index is 587. The minimum atomic E-state index is -0.0415. The summed E-state index contributed by atoms with van der Waals surface area (Å²) in [5.74, 6) is 0. The standard InChI is InChI=1S/C15H17N3/c16-10-15(6-7-15)11-17-8-5-12-9-18-14-4-2-1-3-13(12)14/h1-4,9,17-18H,5-8,11H2. The van der Waals surface area contributed by atoms with Crippen molar-refractivity contribution in [2.24, 2.45) is 5.41 Å². The van der Waals surface area contributed by atoms with Crippen LogP contribution in [0.4, 0.5) is 0 Å². The largest absolute Gasteiger partial charge is 0.361 e. The number of nitrogens with one attached hydrogen (secondary N) is 2. The van der Waals surface area contributed by atoms with Gasteiger partial charge in [-0.1, -0.05) is 18.2 Å². The van der Waals surface area contributed by atoms with Crippen LogP contribution in [0.1, 0.15) is 18.4 Å². The lowest BCUT2D eigenvalue weighted by molar-refractivity contribution is 0.560. The van der Waals surface area contributed by atoms with Crippen molar-refractivity contribution >= 4 is 10.9 Å². The van der Waals surface area contributed by atoms with Crippen molar-refractivity contribution in [3.63, 3.8) is 0 Å². The zero-order valence-electron chi connectivity index (χ0n) is 10.4. The highest BCUT2D eigenvalue weighted by Gasteiger charge is 2.42. The molecule has 1 aliphatic carbocycles. The van der Waals surface area contributed by atoms with Crippen LogP contribution in [0.2, 0.25) is 0 Å². The predicted octanol–water partition coefficient (Wildman–Crippen LogP) is 2.60. The van der Waals surface area contributed by atoms with Crippen LogP contribution in [0.5, 0.6) is 0 Å². The van der Waals surface area contributed by atoms with Crippen molar-refractivity contribution < 1.29 is 0 Å². The number of aromatic nitrogens is 1. The molecule has 0 unspecified atom stereocenters. The fourth-order valence-corrected chi connectivity index (χ4v) is 2.37. The number of para-hydroxylation sites is 1. The van der Waals surface area contributed by atoms with E-state index >= 15 is 0 Å². The summed E-state index contributed by atoms with van der Waals surface area (Å²) in [5.41, 5.74) is 2.50. The van der Waals surface area contributed by atoms with E-state index < -0.39 is 0 Å². The smallest absolute Gasteiger partial charge is 0.0703 e. The molecular formula is C15H17N3. The van der Waals surface area contributed by atoms with Crippen LogP contribution < -0.4 is 5.32 Å². The van der Waals surface area contributed by atoms with Crippen molar-refractivity contribution in [1.29, 1.82) is 5.26 Å². The maximum Gasteiger partial charge on any atom is 0.0703 e. The monoisotopic (exact) mass is 239 g/mol. The topological polar surface area (TPSA) is 51.6 Å². The van der Waals surface area contributed by atoms with Gasteiger partial charge in [0, 0.05) is 23.6 Å². The van der Waals surface area contributed by atoms with Crippen molar-refractivity contribution in [1.82, 2.24) is 10.3 Å². The Labute approximate surface area is 107 Å². The van der Waals surface area contributed by atoms with E-state index in [2.05, 4.69) is 40.8 Å². The first-order chi connectivity index (χ1) is 8.83. The van der Waals surface area contributed by atoms with E-state index in [1.807, 2.05) is 6.07 Å². The van der Waals surface area contributed by atoms with Gasteiger partial charge in [0.15, 0.2) is 0 Å². The lowest BCUT2D eigenvalue weighted by atomic mass is 10.1. The molecule has 0 spiro atoms. The average molecular weight is 239 g/mol. The van der Waals surface area contributed by atoms with E-state index in [1.165, 1.54) is 16.5 Å². The number of hydrogen-bond donors (Lipinski definition) is 2. The number of nitrogens with zero attached hydrogens (tertiary/aromatic N) is 1. The molecule has 0 aliphatic heterocycles. The Balaban J connectivity index is 1.56. The molecule has 1 aromatic carbocycles. The average Bonchev–Trinajstić information content (AvgIpc) is 3.09. The van der Waals surface area contributed by atoms with Gasteiger partial charge in [-0.25, -0.2) is 0 Å². The molecular weight excluding hydrogens is 222 g/mol. The molecule has 1 fully saturated rings. The Kier molecular flexibility index (Phi) is 2.81. The van der Waals surface area contributed by atoms with E-state index in [0.29, 0.717) is 0 Å². The number of nitriles is 1. The molecule has 1 saturated carbocycles. The van der Waals surface area contributed by atoms with Gasteiger partial charge in [0.1, 0.15) is 0 Å². The van der Waals surface area contributed by atoms with Crippen LogP contribution in [0.3, 0.4) is 0 Å². The predicted molar refractivity (Wildman–Crippen MR) is 72.2 cm³/mol. The van der Waals surface area contributed by atoms with Gasteiger partial charge in [0.2, 0.25) is 0 Å². The fraction of sp³-hybridized carbons (Fsp3) is 0.400. The lowest BCUT2D eigenvalue weighted by Crippen LogP contribution is -2.25. The number of aromatic amines is 1. The van der Waals surface area contributed by atoms with E-state index in [-0.39, 0.29) is 5.41 Å². The Hall–Kier alpha value is -1.79. The molecule has 92 valence electrons. The Morgan fingerprint density at radius 1 is 1.33 bits per heavy atom. The molecule has 2 N–H and O–H groups in total. The number of hydrogen-bond acceptors (Lipinski definition) is 2. The third-order valence-electron chi connectivity index (χ3n) is 3.80. The molecule has 18 heavy (non-hydrogen) atoms. The first kappa shape index (κ1) is 11.3. The second-order valence-electron chi connectivity index (χ2n) is 5.18. The minimum absolute atomic E-state index is 0.0415. The first-order valence-electron chi connectivity index (χ1n) is 6.50. The second-order valence-corrected chi connectivity index (χ2v) is 5.18. The van der Waals surface area contributed by atoms with Gasteiger partial charge in [0.25, 0.3) is 0 Å². The van der Waals surface area contributed by atoms with E-state index in [0.717, 1.165) is 32.4 Å². The number of rotatable bonds is 5. The molecule has 3 nitrogen and oxygen atoms in total. The van der Waals surface area contributed by atoms with Gasteiger partial charge in [-0.15, -0.1) is 0 Å². The summed E-state index contributed by atoms with van der Waals surface area (Å²) in [7, 11) is 0. The van der Waals surface area contributed by atoms with E-state index in [1.54, 1.807) is 0 Å². The summed E-state index contributed by atoms with van der Waals surface area (Å²) < 4.78 is 0. The summed E-state index contributed by atoms with van der Waals surface area (Å²) in [4.78, 5) is 3.29. The number of benzene rings is 1. The highest BCUT2D eigenvalue weighted by atomic mass is 14.9. The van der Waals surface area contributed by atoms with Crippen LogP contribution in [0, 0.1) is 16.7 Å². The molecule has 1 aromatic heterocycles. The van der Waals surface area contributed by atoms with Crippen molar-refractivity contribution in [2.45, 2.75) is 19.3 Å². The second kappa shape index (κ2) is 4.47. The first-order valence-corrected chi connectivity index (χ1v) is 6.50. The van der Waals surface area contributed by atoms with Crippen LogP contribution in [-0.4, -0.2) is 18.1 Å². The third kappa shape index (κ3) is 2.12. The molecule has 3 rings (SSSR count). The molecule has 0 atom stereocenters. The fourth-order valence-electron chi connectivity index (χ4n) is 2.37. The maximum atomic E-state index is 8.99. The summed E-state index contributed by atoms with van der Waals surface area (Å²) in [6.45, 7) is 1.77. The normalized spacial score (nSPS) is 16.6. The SMILES string of the molecule is N#CC1(CNCCc2c[nH]c3ccccc23)CC1. The summed E-state index contributed by atoms with van der Waals surface area (Å²) in [5, 5.41) is 13.7. The summed E-state index contributed by atoms with van der Waals surface area (Å²) >= 11 is 0. The van der Waals surface area contributed by atoms with Gasteiger partial charge in [0.05, 0.1) is 11.5 Å². The van der Waals surface area contributed by atoms with Gasteiger partial charge in [-0.3, -0.25) is 0 Å². The van der Waals surface area contributed by atoms with Crippen molar-refractivity contribution in [2.75, 3.05) is 13.1 Å². The Morgan fingerprint density at radius 3 is 2.94 bits per heavy atom. The zero-order chi connectivity index (χ0) is 12.4. The summed E-state index contributed by atoms with van der Waals surface area (Å²) in [6, 6.07) is 10.8. The van der Waals surface area contributed by atoms with Gasteiger partial charge >= 0.3 is 0 Å². The maximum absolute atomic E-state index is 8.99. The van der Waals surface area contributed by atoms with E-state index in [4.69, 9.17) is 5.26 Å². The van der Waals surface area contributed by atoms with E-state index in [9.17, 15) is 0 Å². The zero-order valence-corrected chi connectivity index (χ0v) is 10.4. The number of fused-ring (bicyclic) bond motifs is 1. The molecule has 0 amide bonds. The molecule has 2 aromatic rings. The van der Waals surface area contributed by atoms with Crippen LogP contribution in [0.25, 0.3) is 10.9 Å². The summed E-state index contributed by atoms with van der Waals surface area (Å²) in [6.07, 6.45) is 5.21. The van der Waals surface area contributed by atoms with Crippen LogP contribution in [-0.2, 0) is 6.42 Å². The molecule has 0 radical (unpaired) electrons. The molecule has 0 bridgehead atoms. The number of H-pyrrole nitrogens is 1. The van der Waals surface area contributed by atoms with Gasteiger partial charge in [-0.2, -0.15) is 5.26 Å². The quantitative estimate of drug-likeness (QED) is 0.788. The molecule has 3 heteroatoms. The molecule has 0 saturated heterocycles. The molecule has 1 aliphatic rings. The minimum Gasteiger partial charge on any atom is -0.361 e. The third-order valence-corrected chi connectivity index (χ3v) is 3.80. The van der Waals surface area contributed by atoms with Crippen molar-refractivity contribution in [3.8, 4) is 6.07 Å². The molecule has 1 heterocycles. The Morgan fingerprint density at radius 2 is 2.17 bits per heavy atom. The van der Waals surface area contributed by atoms with Crippen molar-refractivity contribution in [3.05, 3.63) is 36.0 Å². The van der Waals surface area contributed by atoms with Crippen LogP contribution >= 0.6 is 0 Å². The van der Waals surface area contributed by atoms with Gasteiger partial charge in [-0.05, 0) is 37.4 Å². The van der Waals surface area contributed by atoms with Crippen LogP contribution in [0.15, 0.2) is 30.5 Å². The lowest BCUT2D eigenvalue weighted by Gasteiger charge is -2.07. The highest BCUT2D eigenvalue weighted by Crippen LogP contribution is 2.43.